The zero-order chi connectivity index (χ0) is 11.1. The molecule has 0 radical (unpaired) electrons. The third kappa shape index (κ3) is 4.52. The van der Waals surface area contributed by atoms with Crippen molar-refractivity contribution in [3.63, 3.8) is 0 Å². The van der Waals surface area contributed by atoms with E-state index in [2.05, 4.69) is 31.0 Å². The first-order valence-electron chi connectivity index (χ1n) is 6.72. The van der Waals surface area contributed by atoms with Crippen molar-refractivity contribution in [3.05, 3.63) is 0 Å². The maximum atomic E-state index is 3.48. The Morgan fingerprint density at radius 3 is 2.60 bits per heavy atom. The van der Waals surface area contributed by atoms with Gasteiger partial charge < -0.3 is 5.32 Å². The fourth-order valence-electron chi connectivity index (χ4n) is 2.44. The zero-order valence-corrected chi connectivity index (χ0v) is 10.8. The van der Waals surface area contributed by atoms with Crippen molar-refractivity contribution in [2.75, 3.05) is 26.2 Å². The molecule has 0 aliphatic carbocycles. The molecule has 1 N–H and O–H groups in total. The minimum absolute atomic E-state index is 0.819. The van der Waals surface area contributed by atoms with Crippen LogP contribution < -0.4 is 5.32 Å². The normalized spacial score (nSPS) is 23.4. The molecule has 0 amide bonds. The van der Waals surface area contributed by atoms with E-state index in [1.165, 1.54) is 51.9 Å². The van der Waals surface area contributed by atoms with Gasteiger partial charge >= 0.3 is 0 Å². The Bertz CT molecular complexity index is 151. The topological polar surface area (TPSA) is 15.3 Å². The van der Waals surface area contributed by atoms with Gasteiger partial charge in [0.2, 0.25) is 0 Å². The second-order valence-corrected chi connectivity index (χ2v) is 4.95. The van der Waals surface area contributed by atoms with Crippen molar-refractivity contribution in [2.45, 2.75) is 52.5 Å². The molecular weight excluding hydrogens is 184 g/mol. The van der Waals surface area contributed by atoms with Crippen LogP contribution in [0, 0.1) is 5.92 Å². The molecule has 2 unspecified atom stereocenters. The van der Waals surface area contributed by atoms with E-state index in [4.69, 9.17) is 0 Å². The first kappa shape index (κ1) is 13.0. The van der Waals surface area contributed by atoms with Crippen molar-refractivity contribution >= 4 is 0 Å². The Labute approximate surface area is 95.4 Å². The zero-order valence-electron chi connectivity index (χ0n) is 10.8. The second-order valence-electron chi connectivity index (χ2n) is 4.95. The quantitative estimate of drug-likeness (QED) is 0.753. The molecule has 15 heavy (non-hydrogen) atoms. The van der Waals surface area contributed by atoms with Crippen LogP contribution in [0.2, 0.25) is 0 Å². The van der Waals surface area contributed by atoms with E-state index in [0.29, 0.717) is 0 Å². The van der Waals surface area contributed by atoms with Gasteiger partial charge in [-0.15, -0.1) is 0 Å². The summed E-state index contributed by atoms with van der Waals surface area (Å²) >= 11 is 0. The molecule has 2 nitrogen and oxygen atoms in total. The summed E-state index contributed by atoms with van der Waals surface area (Å²) in [5.74, 6) is 0.881. The van der Waals surface area contributed by atoms with Gasteiger partial charge in [-0.1, -0.05) is 27.2 Å². The summed E-state index contributed by atoms with van der Waals surface area (Å²) in [6.07, 6.45) is 5.33. The highest BCUT2D eigenvalue weighted by atomic mass is 15.2. The molecule has 1 fully saturated rings. The molecule has 2 heteroatoms. The molecule has 0 spiro atoms. The van der Waals surface area contributed by atoms with E-state index in [9.17, 15) is 0 Å². The smallest absolute Gasteiger partial charge is 0.0110 e. The molecule has 2 atom stereocenters. The van der Waals surface area contributed by atoms with Crippen LogP contribution in [0.5, 0.6) is 0 Å². The lowest BCUT2D eigenvalue weighted by atomic mass is 9.96. The van der Waals surface area contributed by atoms with Crippen LogP contribution in [0.25, 0.3) is 0 Å². The van der Waals surface area contributed by atoms with E-state index >= 15 is 0 Å². The minimum Gasteiger partial charge on any atom is -0.315 e. The average molecular weight is 212 g/mol. The number of rotatable bonds is 5. The van der Waals surface area contributed by atoms with Crippen molar-refractivity contribution in [2.24, 2.45) is 5.92 Å². The van der Waals surface area contributed by atoms with Crippen molar-refractivity contribution in [1.29, 1.82) is 0 Å². The van der Waals surface area contributed by atoms with Crippen LogP contribution in [0.15, 0.2) is 0 Å². The van der Waals surface area contributed by atoms with Gasteiger partial charge in [0.05, 0.1) is 0 Å². The minimum atomic E-state index is 0.819. The number of nitrogens with one attached hydrogen (secondary N) is 1. The maximum absolute atomic E-state index is 3.48. The predicted molar refractivity (Wildman–Crippen MR) is 67.2 cm³/mol. The Morgan fingerprint density at radius 2 is 1.93 bits per heavy atom. The summed E-state index contributed by atoms with van der Waals surface area (Å²) in [4.78, 5) is 2.70. The van der Waals surface area contributed by atoms with Gasteiger partial charge in [0.15, 0.2) is 0 Å². The van der Waals surface area contributed by atoms with Crippen LogP contribution in [0.3, 0.4) is 0 Å². The summed E-state index contributed by atoms with van der Waals surface area (Å²) in [5.41, 5.74) is 0. The Morgan fingerprint density at radius 1 is 1.13 bits per heavy atom. The highest BCUT2D eigenvalue weighted by Crippen LogP contribution is 2.18. The van der Waals surface area contributed by atoms with E-state index in [1.54, 1.807) is 0 Å². The van der Waals surface area contributed by atoms with Crippen LogP contribution in [-0.4, -0.2) is 37.1 Å². The van der Waals surface area contributed by atoms with E-state index < -0.39 is 0 Å². The summed E-state index contributed by atoms with van der Waals surface area (Å²) in [6, 6.07) is 0.819. The molecule has 1 aliphatic rings. The fraction of sp³-hybridized carbons (Fsp3) is 1.00. The molecule has 1 heterocycles. The van der Waals surface area contributed by atoms with Gasteiger partial charge in [-0.3, -0.25) is 4.90 Å². The SMILES string of the molecule is CCC(C)CC(CC)N1CCCNCC1. The van der Waals surface area contributed by atoms with Gasteiger partial charge in [-0.05, 0) is 38.3 Å². The summed E-state index contributed by atoms with van der Waals surface area (Å²) in [5, 5.41) is 3.48. The predicted octanol–water partition coefficient (Wildman–Crippen LogP) is 2.50. The van der Waals surface area contributed by atoms with Gasteiger partial charge in [0.25, 0.3) is 0 Å². The van der Waals surface area contributed by atoms with Gasteiger partial charge in [0, 0.05) is 19.1 Å². The van der Waals surface area contributed by atoms with Crippen molar-refractivity contribution < 1.29 is 0 Å². The van der Waals surface area contributed by atoms with Gasteiger partial charge in [-0.2, -0.15) is 0 Å². The standard InChI is InChI=1S/C13H28N2/c1-4-12(3)11-13(5-2)15-9-6-7-14-8-10-15/h12-14H,4-11H2,1-3H3. The van der Waals surface area contributed by atoms with Gasteiger partial charge in [-0.25, -0.2) is 0 Å². The molecule has 0 bridgehead atoms. The maximum Gasteiger partial charge on any atom is 0.0110 e. The third-order valence-corrected chi connectivity index (χ3v) is 3.73. The summed E-state index contributed by atoms with van der Waals surface area (Å²) in [7, 11) is 0. The van der Waals surface area contributed by atoms with Crippen molar-refractivity contribution in [3.8, 4) is 0 Å². The number of hydrogen-bond donors (Lipinski definition) is 1. The molecule has 1 rings (SSSR count). The lowest BCUT2D eigenvalue weighted by molar-refractivity contribution is 0.175. The van der Waals surface area contributed by atoms with Crippen LogP contribution in [0.1, 0.15) is 46.5 Å². The molecule has 0 aromatic heterocycles. The molecule has 90 valence electrons. The average Bonchev–Trinajstić information content (AvgIpc) is 2.54. The summed E-state index contributed by atoms with van der Waals surface area (Å²) < 4.78 is 0. The molecule has 1 aliphatic heterocycles. The lowest BCUT2D eigenvalue weighted by Crippen LogP contribution is -2.38. The number of nitrogens with zero attached hydrogens (tertiary/aromatic N) is 1. The highest BCUT2D eigenvalue weighted by Gasteiger charge is 2.19. The fourth-order valence-corrected chi connectivity index (χ4v) is 2.44. The van der Waals surface area contributed by atoms with E-state index in [-0.39, 0.29) is 0 Å². The monoisotopic (exact) mass is 212 g/mol. The van der Waals surface area contributed by atoms with Gasteiger partial charge in [0.1, 0.15) is 0 Å². The molecule has 1 saturated heterocycles. The number of hydrogen-bond acceptors (Lipinski definition) is 2. The largest absolute Gasteiger partial charge is 0.315 e. The first-order chi connectivity index (χ1) is 7.27. The molecule has 0 aromatic carbocycles. The van der Waals surface area contributed by atoms with Crippen LogP contribution in [-0.2, 0) is 0 Å². The van der Waals surface area contributed by atoms with E-state index in [1.807, 2.05) is 0 Å². The summed E-state index contributed by atoms with van der Waals surface area (Å²) in [6.45, 7) is 12.0. The Kier molecular flexibility index (Phi) is 6.26. The third-order valence-electron chi connectivity index (χ3n) is 3.73. The highest BCUT2D eigenvalue weighted by molar-refractivity contribution is 4.75. The Hall–Kier alpha value is -0.0800. The lowest BCUT2D eigenvalue weighted by Gasteiger charge is -2.31. The van der Waals surface area contributed by atoms with Crippen LogP contribution in [0.4, 0.5) is 0 Å². The molecular formula is C13H28N2. The molecule has 0 saturated carbocycles. The van der Waals surface area contributed by atoms with E-state index in [0.717, 1.165) is 12.0 Å². The van der Waals surface area contributed by atoms with Crippen LogP contribution >= 0.6 is 0 Å². The molecule has 0 aromatic rings. The Balaban J connectivity index is 2.40. The first-order valence-corrected chi connectivity index (χ1v) is 6.72. The van der Waals surface area contributed by atoms with Crippen molar-refractivity contribution in [1.82, 2.24) is 10.2 Å². The second kappa shape index (κ2) is 7.24.